The monoisotopic (exact) mass is 375 g/mol. The Morgan fingerprint density at radius 3 is 2.63 bits per heavy atom. The number of piperazine rings is 1. The molecule has 0 radical (unpaired) electrons. The topological polar surface area (TPSA) is 94.8 Å². The normalized spacial score (nSPS) is 23.0. The van der Waals surface area contributed by atoms with Gasteiger partial charge in [0.1, 0.15) is 17.6 Å². The predicted octanol–water partition coefficient (Wildman–Crippen LogP) is 1.60. The molecule has 0 spiro atoms. The quantitative estimate of drug-likeness (QED) is 0.754. The summed E-state index contributed by atoms with van der Waals surface area (Å²) in [5.41, 5.74) is 0.0129. The molecule has 7 nitrogen and oxygen atoms in total. The number of aliphatic hydroxyl groups is 1. The van der Waals surface area contributed by atoms with E-state index < -0.39 is 23.4 Å². The summed E-state index contributed by atoms with van der Waals surface area (Å²) in [6, 6.07) is 1.72. The zero-order valence-electron chi connectivity index (χ0n) is 15.2. The van der Waals surface area contributed by atoms with Crippen molar-refractivity contribution < 1.29 is 19.4 Å². The third-order valence-corrected chi connectivity index (χ3v) is 5.35. The molecule has 4 rings (SSSR count). The number of fused-ring (bicyclic) bond motifs is 1. The highest BCUT2D eigenvalue weighted by atomic mass is 19.1. The van der Waals surface area contributed by atoms with Crippen LogP contribution >= 0.6 is 0 Å². The van der Waals surface area contributed by atoms with Crippen LogP contribution in [0.5, 0.6) is 0 Å². The highest BCUT2D eigenvalue weighted by Gasteiger charge is 2.30. The van der Waals surface area contributed by atoms with Crippen molar-refractivity contribution in [2.75, 3.05) is 18.0 Å². The molecule has 27 heavy (non-hydrogen) atoms. The van der Waals surface area contributed by atoms with Gasteiger partial charge in [-0.15, -0.1) is 0 Å². The second-order valence-corrected chi connectivity index (χ2v) is 7.53. The van der Waals surface area contributed by atoms with Gasteiger partial charge in [0.25, 0.3) is 0 Å². The first kappa shape index (κ1) is 17.9. The molecule has 1 saturated carbocycles. The first-order valence-corrected chi connectivity index (χ1v) is 9.08. The Morgan fingerprint density at radius 2 is 2.04 bits per heavy atom. The van der Waals surface area contributed by atoms with Gasteiger partial charge in [-0.25, -0.2) is 9.18 Å². The molecule has 1 aliphatic heterocycles. The molecule has 1 aliphatic carbocycles. The van der Waals surface area contributed by atoms with Crippen molar-refractivity contribution in [3.8, 4) is 0 Å². The Hall–Kier alpha value is -2.45. The highest BCUT2D eigenvalue weighted by Crippen LogP contribution is 2.39. The molecule has 2 fully saturated rings. The molecule has 2 aromatic rings. The maximum atomic E-state index is 15.2. The number of β-amino-alcohol motifs (C(OH)–C–C–N with tert-alkyl or cyclic N) is 1. The molecular formula is C19H22FN3O4. The van der Waals surface area contributed by atoms with E-state index in [1.54, 1.807) is 15.5 Å². The van der Waals surface area contributed by atoms with Gasteiger partial charge in [0, 0.05) is 30.4 Å². The van der Waals surface area contributed by atoms with Crippen LogP contribution in [-0.4, -0.2) is 46.1 Å². The molecular weight excluding hydrogens is 353 g/mol. The Morgan fingerprint density at radius 1 is 1.33 bits per heavy atom. The van der Waals surface area contributed by atoms with Crippen molar-refractivity contribution in [1.82, 2.24) is 9.88 Å². The van der Waals surface area contributed by atoms with E-state index in [0.29, 0.717) is 17.7 Å². The maximum absolute atomic E-state index is 15.2. The van der Waals surface area contributed by atoms with Gasteiger partial charge in [-0.3, -0.25) is 10.1 Å². The zero-order valence-corrected chi connectivity index (χ0v) is 15.2. The molecule has 1 aromatic heterocycles. The summed E-state index contributed by atoms with van der Waals surface area (Å²) in [5, 5.41) is 22.5. The van der Waals surface area contributed by atoms with E-state index in [9.17, 15) is 19.8 Å². The molecule has 1 saturated heterocycles. The molecule has 0 amide bonds. The molecule has 2 unspecified atom stereocenters. The van der Waals surface area contributed by atoms with Crippen LogP contribution in [0.25, 0.3) is 10.9 Å². The van der Waals surface area contributed by atoms with Gasteiger partial charge in [-0.1, -0.05) is 0 Å². The number of aliphatic hydroxyl groups excluding tert-OH is 1. The molecule has 2 heterocycles. The third kappa shape index (κ3) is 2.98. The number of benzene rings is 1. The number of hydrogen-bond acceptors (Lipinski definition) is 5. The largest absolute Gasteiger partial charge is 0.477 e. The number of aromatic carboxylic acids is 1. The van der Waals surface area contributed by atoms with Gasteiger partial charge in [0.15, 0.2) is 0 Å². The Labute approximate surface area is 155 Å². The number of carbonyl (C=O) groups is 1. The number of carboxylic acid groups (broad SMARTS) is 1. The SMILES string of the molecule is Cc1c(F)c(N2CC(C)NC(O)C2)cc2c1c(=O)c(C(=O)O)cn2C1CC1. The summed E-state index contributed by atoms with van der Waals surface area (Å²) in [4.78, 5) is 26.0. The Kier molecular flexibility index (Phi) is 4.20. The Balaban J connectivity index is 1.97. The number of aromatic nitrogens is 1. The van der Waals surface area contributed by atoms with Gasteiger partial charge in [0.2, 0.25) is 5.43 Å². The number of hydrogen-bond donors (Lipinski definition) is 3. The summed E-state index contributed by atoms with van der Waals surface area (Å²) in [6.45, 7) is 4.15. The average molecular weight is 375 g/mol. The summed E-state index contributed by atoms with van der Waals surface area (Å²) in [6.07, 6.45) is 2.39. The van der Waals surface area contributed by atoms with E-state index in [1.165, 1.54) is 13.1 Å². The summed E-state index contributed by atoms with van der Waals surface area (Å²) in [7, 11) is 0. The summed E-state index contributed by atoms with van der Waals surface area (Å²) in [5.74, 6) is -1.86. The van der Waals surface area contributed by atoms with Crippen LogP contribution in [0.2, 0.25) is 0 Å². The standard InChI is InChI=1S/C19H22FN3O4/c1-9-6-22(8-15(24)21-9)14-5-13-16(10(2)17(14)20)18(25)12(19(26)27)7-23(13)11-3-4-11/h5,7,9,11,15,21,24H,3-4,6,8H2,1-2H3,(H,26,27). The number of rotatable bonds is 3. The lowest BCUT2D eigenvalue weighted by atomic mass is 10.0. The molecule has 0 bridgehead atoms. The molecule has 2 atom stereocenters. The molecule has 144 valence electrons. The lowest BCUT2D eigenvalue weighted by Crippen LogP contribution is -2.55. The van der Waals surface area contributed by atoms with Crippen molar-refractivity contribution in [2.45, 2.75) is 45.0 Å². The zero-order chi connectivity index (χ0) is 19.5. The number of pyridine rings is 1. The fourth-order valence-electron chi connectivity index (χ4n) is 3.93. The number of halogens is 1. The minimum absolute atomic E-state index is 0.0239. The van der Waals surface area contributed by atoms with Crippen molar-refractivity contribution >= 4 is 22.6 Å². The van der Waals surface area contributed by atoms with Crippen molar-refractivity contribution in [2.24, 2.45) is 0 Å². The third-order valence-electron chi connectivity index (χ3n) is 5.35. The van der Waals surface area contributed by atoms with Crippen LogP contribution in [0.3, 0.4) is 0 Å². The van der Waals surface area contributed by atoms with Gasteiger partial charge >= 0.3 is 5.97 Å². The van der Waals surface area contributed by atoms with E-state index >= 15 is 4.39 Å². The summed E-state index contributed by atoms with van der Waals surface area (Å²) >= 11 is 0. The van der Waals surface area contributed by atoms with Crippen LogP contribution in [0.4, 0.5) is 10.1 Å². The Bertz CT molecular complexity index is 989. The minimum Gasteiger partial charge on any atom is -0.477 e. The van der Waals surface area contributed by atoms with E-state index in [4.69, 9.17) is 0 Å². The van der Waals surface area contributed by atoms with Crippen LogP contribution in [-0.2, 0) is 0 Å². The van der Waals surface area contributed by atoms with Crippen LogP contribution in [0.15, 0.2) is 17.1 Å². The second-order valence-electron chi connectivity index (χ2n) is 7.53. The molecule has 2 aliphatic rings. The van der Waals surface area contributed by atoms with Crippen LogP contribution in [0, 0.1) is 12.7 Å². The van der Waals surface area contributed by atoms with Gasteiger partial charge in [0.05, 0.1) is 23.1 Å². The minimum atomic E-state index is -1.31. The molecule has 1 aromatic carbocycles. The molecule has 3 N–H and O–H groups in total. The van der Waals surface area contributed by atoms with E-state index in [0.717, 1.165) is 12.8 Å². The van der Waals surface area contributed by atoms with Gasteiger partial charge in [-0.05, 0) is 32.8 Å². The maximum Gasteiger partial charge on any atom is 0.341 e. The number of carboxylic acids is 1. The predicted molar refractivity (Wildman–Crippen MR) is 99.0 cm³/mol. The lowest BCUT2D eigenvalue weighted by Gasteiger charge is -2.37. The number of anilines is 1. The van der Waals surface area contributed by atoms with Gasteiger partial charge in [-0.2, -0.15) is 0 Å². The summed E-state index contributed by atoms with van der Waals surface area (Å²) < 4.78 is 17.0. The van der Waals surface area contributed by atoms with Crippen molar-refractivity contribution in [3.63, 3.8) is 0 Å². The van der Waals surface area contributed by atoms with E-state index in [-0.39, 0.29) is 35.1 Å². The molecule has 8 heteroatoms. The lowest BCUT2D eigenvalue weighted by molar-refractivity contribution is 0.0694. The highest BCUT2D eigenvalue weighted by molar-refractivity contribution is 5.95. The first-order chi connectivity index (χ1) is 12.8. The van der Waals surface area contributed by atoms with E-state index in [1.807, 2.05) is 6.92 Å². The fraction of sp³-hybridized carbons (Fsp3) is 0.474. The first-order valence-electron chi connectivity index (χ1n) is 9.08. The van der Waals surface area contributed by atoms with Crippen molar-refractivity contribution in [3.05, 3.63) is 39.4 Å². The van der Waals surface area contributed by atoms with Crippen LogP contribution < -0.4 is 15.6 Å². The van der Waals surface area contributed by atoms with E-state index in [2.05, 4.69) is 5.32 Å². The second kappa shape index (κ2) is 6.31. The van der Waals surface area contributed by atoms with Crippen molar-refractivity contribution in [1.29, 1.82) is 0 Å². The van der Waals surface area contributed by atoms with Gasteiger partial charge < -0.3 is 19.7 Å². The number of aryl methyl sites for hydroxylation is 1. The average Bonchev–Trinajstić information content (AvgIpc) is 3.41. The number of nitrogens with one attached hydrogen (secondary N) is 1. The fourth-order valence-corrected chi connectivity index (χ4v) is 3.93. The smallest absolute Gasteiger partial charge is 0.341 e. The number of nitrogens with zero attached hydrogens (tertiary/aromatic N) is 2. The van der Waals surface area contributed by atoms with Crippen LogP contribution in [0.1, 0.15) is 41.7 Å².